The molecule has 0 atom stereocenters. The van der Waals surface area contributed by atoms with E-state index in [2.05, 4.69) is 10.6 Å². The van der Waals surface area contributed by atoms with Gasteiger partial charge in [-0.25, -0.2) is 4.39 Å². The van der Waals surface area contributed by atoms with Crippen molar-refractivity contribution in [2.75, 3.05) is 19.6 Å². The van der Waals surface area contributed by atoms with E-state index in [0.717, 1.165) is 22.2 Å². The first-order chi connectivity index (χ1) is 15.4. The van der Waals surface area contributed by atoms with Crippen molar-refractivity contribution in [1.29, 1.82) is 0 Å². The number of thioether (sulfide) groups is 1. The van der Waals surface area contributed by atoms with E-state index >= 15 is 0 Å². The average Bonchev–Trinajstić information content (AvgIpc) is 3.05. The highest BCUT2D eigenvalue weighted by molar-refractivity contribution is 8.18. The summed E-state index contributed by atoms with van der Waals surface area (Å²) >= 11 is 0.785. The summed E-state index contributed by atoms with van der Waals surface area (Å²) in [7, 11) is 0. The van der Waals surface area contributed by atoms with Crippen molar-refractivity contribution < 1.29 is 23.6 Å². The maximum Gasteiger partial charge on any atom is 0.293 e. The highest BCUT2D eigenvalue weighted by Crippen LogP contribution is 2.31. The largest absolute Gasteiger partial charge is 0.353 e. The number of carbonyl (C=O) groups is 4. The van der Waals surface area contributed by atoms with Crippen molar-refractivity contribution in [3.8, 4) is 0 Å². The van der Waals surface area contributed by atoms with Crippen LogP contribution < -0.4 is 10.6 Å². The van der Waals surface area contributed by atoms with Crippen LogP contribution in [-0.4, -0.2) is 47.5 Å². The van der Waals surface area contributed by atoms with E-state index in [4.69, 9.17) is 0 Å². The quantitative estimate of drug-likeness (QED) is 0.600. The summed E-state index contributed by atoms with van der Waals surface area (Å²) in [5, 5.41) is 4.57. The molecular formula is C23H20FN3O4S. The zero-order valence-corrected chi connectivity index (χ0v) is 17.7. The molecule has 0 unspecified atom stereocenters. The van der Waals surface area contributed by atoms with Crippen LogP contribution in [0.25, 0.3) is 12.2 Å². The molecule has 1 aliphatic rings. The van der Waals surface area contributed by atoms with Gasteiger partial charge in [0.25, 0.3) is 11.1 Å². The van der Waals surface area contributed by atoms with Gasteiger partial charge < -0.3 is 10.6 Å². The van der Waals surface area contributed by atoms with Gasteiger partial charge in [0.15, 0.2) is 0 Å². The van der Waals surface area contributed by atoms with Crippen LogP contribution in [0.3, 0.4) is 0 Å². The zero-order chi connectivity index (χ0) is 22.9. The fourth-order valence-corrected chi connectivity index (χ4v) is 3.60. The van der Waals surface area contributed by atoms with Gasteiger partial charge in [0.1, 0.15) is 5.82 Å². The molecule has 0 radical (unpaired) electrons. The number of benzene rings is 2. The van der Waals surface area contributed by atoms with Gasteiger partial charge in [-0.1, -0.05) is 42.5 Å². The van der Waals surface area contributed by atoms with Crippen molar-refractivity contribution in [1.82, 2.24) is 15.5 Å². The predicted octanol–water partition coefficient (Wildman–Crippen LogP) is 2.81. The minimum absolute atomic E-state index is 0.000971. The molecule has 0 spiro atoms. The number of hydrogen-bond donors (Lipinski definition) is 2. The van der Waals surface area contributed by atoms with Crippen molar-refractivity contribution in [2.24, 2.45) is 0 Å². The van der Waals surface area contributed by atoms with Gasteiger partial charge in [-0.2, -0.15) is 0 Å². The Morgan fingerprint density at radius 1 is 0.969 bits per heavy atom. The van der Waals surface area contributed by atoms with Crippen molar-refractivity contribution in [3.05, 3.63) is 82.5 Å². The van der Waals surface area contributed by atoms with Crippen molar-refractivity contribution >= 4 is 46.9 Å². The van der Waals surface area contributed by atoms with Gasteiger partial charge in [-0.3, -0.25) is 24.1 Å². The third kappa shape index (κ3) is 6.64. The van der Waals surface area contributed by atoms with Gasteiger partial charge in [0, 0.05) is 19.2 Å². The summed E-state index contributed by atoms with van der Waals surface area (Å²) in [6.45, 7) is -0.181. The fraction of sp³-hybridized carbons (Fsp3) is 0.130. The molecule has 9 heteroatoms. The second-order valence-corrected chi connectivity index (χ2v) is 7.69. The standard InChI is InChI=1S/C23H20FN3O4S/c24-18-9-6-17(7-10-18)14-19-22(30)27(23(31)32-19)13-12-25-21(29)15-26-20(28)11-8-16-4-2-1-3-5-16/h1-11,14H,12-13,15H2,(H,25,29)(H,26,28)/b11-8+,19-14-. The summed E-state index contributed by atoms with van der Waals surface area (Å²) in [5.41, 5.74) is 1.46. The molecule has 7 nitrogen and oxygen atoms in total. The summed E-state index contributed by atoms with van der Waals surface area (Å²) in [4.78, 5) is 49.5. The van der Waals surface area contributed by atoms with Crippen LogP contribution in [0.4, 0.5) is 9.18 Å². The molecule has 0 aliphatic carbocycles. The molecule has 1 fully saturated rings. The highest BCUT2D eigenvalue weighted by Gasteiger charge is 2.34. The normalized spacial score (nSPS) is 14.9. The number of amides is 4. The number of rotatable bonds is 8. The molecule has 3 rings (SSSR count). The molecule has 1 saturated heterocycles. The molecule has 32 heavy (non-hydrogen) atoms. The van der Waals surface area contributed by atoms with Crippen LogP contribution in [0.5, 0.6) is 0 Å². The Kier molecular flexibility index (Phi) is 7.93. The topological polar surface area (TPSA) is 95.6 Å². The lowest BCUT2D eigenvalue weighted by Gasteiger charge is -2.13. The molecule has 1 heterocycles. The molecule has 4 amide bonds. The first kappa shape index (κ1) is 23.0. The second kappa shape index (κ2) is 11.1. The SMILES string of the molecule is O=C(/C=C/c1ccccc1)NCC(=O)NCCN1C(=O)S/C(=C\c2ccc(F)cc2)C1=O. The smallest absolute Gasteiger partial charge is 0.293 e. The summed E-state index contributed by atoms with van der Waals surface area (Å²) < 4.78 is 13.0. The van der Waals surface area contributed by atoms with Gasteiger partial charge in [0.2, 0.25) is 11.8 Å². The molecule has 1 aliphatic heterocycles. The van der Waals surface area contributed by atoms with Crippen molar-refractivity contribution in [3.63, 3.8) is 0 Å². The van der Waals surface area contributed by atoms with E-state index in [1.54, 1.807) is 6.08 Å². The Bertz CT molecular complexity index is 1070. The van der Waals surface area contributed by atoms with Crippen LogP contribution in [0.15, 0.2) is 65.6 Å². The minimum Gasteiger partial charge on any atom is -0.353 e. The molecule has 2 N–H and O–H groups in total. The first-order valence-corrected chi connectivity index (χ1v) is 10.5. The van der Waals surface area contributed by atoms with E-state index in [1.165, 1.54) is 36.4 Å². The lowest BCUT2D eigenvalue weighted by molar-refractivity contribution is -0.125. The number of nitrogens with one attached hydrogen (secondary N) is 2. The number of carbonyl (C=O) groups excluding carboxylic acids is 4. The summed E-state index contributed by atoms with van der Waals surface area (Å²) in [6, 6.07) is 14.8. The predicted molar refractivity (Wildman–Crippen MR) is 121 cm³/mol. The van der Waals surface area contributed by atoms with Gasteiger partial charge in [0.05, 0.1) is 11.4 Å². The molecule has 0 aromatic heterocycles. The summed E-state index contributed by atoms with van der Waals surface area (Å²) in [6.07, 6.45) is 4.48. The Labute approximate surface area is 188 Å². The molecule has 2 aromatic rings. The summed E-state index contributed by atoms with van der Waals surface area (Å²) in [5.74, 6) is -1.73. The number of halogens is 1. The number of hydrogen-bond acceptors (Lipinski definition) is 5. The van der Waals surface area contributed by atoms with E-state index in [1.807, 2.05) is 30.3 Å². The Hall–Kier alpha value is -3.72. The maximum atomic E-state index is 13.0. The fourth-order valence-electron chi connectivity index (χ4n) is 2.74. The molecule has 0 saturated carbocycles. The number of imide groups is 1. The molecule has 2 aromatic carbocycles. The Balaban J connectivity index is 1.41. The van der Waals surface area contributed by atoms with Crippen molar-refractivity contribution in [2.45, 2.75) is 0 Å². The average molecular weight is 453 g/mol. The van der Waals surface area contributed by atoms with Crippen LogP contribution in [-0.2, 0) is 14.4 Å². The molecule has 164 valence electrons. The number of nitrogens with zero attached hydrogens (tertiary/aromatic N) is 1. The van der Waals surface area contributed by atoms with Gasteiger partial charge in [-0.05, 0) is 47.2 Å². The van der Waals surface area contributed by atoms with Crippen LogP contribution in [0.2, 0.25) is 0 Å². The van der Waals surface area contributed by atoms with Crippen LogP contribution in [0.1, 0.15) is 11.1 Å². The van der Waals surface area contributed by atoms with E-state index < -0.39 is 28.8 Å². The second-order valence-electron chi connectivity index (χ2n) is 6.70. The maximum absolute atomic E-state index is 13.0. The monoisotopic (exact) mass is 453 g/mol. The van der Waals surface area contributed by atoms with E-state index in [9.17, 15) is 23.6 Å². The Morgan fingerprint density at radius 3 is 2.41 bits per heavy atom. The molecular weight excluding hydrogens is 433 g/mol. The third-order valence-electron chi connectivity index (χ3n) is 4.35. The lowest BCUT2D eigenvalue weighted by Crippen LogP contribution is -2.41. The molecule has 0 bridgehead atoms. The van der Waals surface area contributed by atoms with Gasteiger partial charge >= 0.3 is 0 Å². The Morgan fingerprint density at radius 2 is 1.69 bits per heavy atom. The third-order valence-corrected chi connectivity index (χ3v) is 5.26. The minimum atomic E-state index is -0.474. The first-order valence-electron chi connectivity index (χ1n) is 9.71. The van der Waals surface area contributed by atoms with E-state index in [-0.39, 0.29) is 24.5 Å². The van der Waals surface area contributed by atoms with Crippen LogP contribution >= 0.6 is 11.8 Å². The van der Waals surface area contributed by atoms with E-state index in [0.29, 0.717) is 5.56 Å². The zero-order valence-electron chi connectivity index (χ0n) is 16.9. The lowest BCUT2D eigenvalue weighted by atomic mass is 10.2. The van der Waals surface area contributed by atoms with Crippen LogP contribution in [0, 0.1) is 5.82 Å². The highest BCUT2D eigenvalue weighted by atomic mass is 32.2. The van der Waals surface area contributed by atoms with Gasteiger partial charge in [-0.15, -0.1) is 0 Å².